The lowest BCUT2D eigenvalue weighted by molar-refractivity contribution is 0.727. The van der Waals surface area contributed by atoms with Gasteiger partial charge in [-0.25, -0.2) is 0 Å². The molecule has 0 fully saturated rings. The first-order chi connectivity index (χ1) is 6.65. The van der Waals surface area contributed by atoms with Crippen LogP contribution in [-0.2, 0) is 0 Å². The van der Waals surface area contributed by atoms with Crippen molar-refractivity contribution in [3.63, 3.8) is 0 Å². The molecule has 1 rings (SSSR count). The van der Waals surface area contributed by atoms with E-state index in [1.807, 2.05) is 26.8 Å². The van der Waals surface area contributed by atoms with E-state index in [1.54, 1.807) is 0 Å². The minimum Gasteiger partial charge on any atom is -0.323 e. The maximum Gasteiger partial charge on any atom is 0.0648 e. The highest BCUT2D eigenvalue weighted by Crippen LogP contribution is 2.16. The molecule has 0 spiro atoms. The van der Waals surface area contributed by atoms with Crippen LogP contribution in [0.1, 0.15) is 36.3 Å². The zero-order chi connectivity index (χ0) is 10.6. The Morgan fingerprint density at radius 1 is 1.43 bits per heavy atom. The molecule has 0 aromatic carbocycles. The molecule has 0 amide bonds. The lowest BCUT2D eigenvalue weighted by Gasteiger charge is -2.10. The van der Waals surface area contributed by atoms with Crippen LogP contribution in [0.15, 0.2) is 6.07 Å². The first kappa shape index (κ1) is 10.7. The summed E-state index contributed by atoms with van der Waals surface area (Å²) in [5, 5.41) is 7.99. The molecule has 0 radical (unpaired) electrons. The monoisotopic (exact) mass is 189 g/mol. The van der Waals surface area contributed by atoms with Gasteiger partial charge in [-0.15, -0.1) is 11.8 Å². The van der Waals surface area contributed by atoms with Gasteiger partial charge in [-0.05, 0) is 32.4 Å². The van der Waals surface area contributed by atoms with Gasteiger partial charge < -0.3 is 5.73 Å². The van der Waals surface area contributed by atoms with Crippen molar-refractivity contribution in [2.75, 3.05) is 0 Å². The van der Waals surface area contributed by atoms with Crippen molar-refractivity contribution in [1.29, 1.82) is 0 Å². The third-order valence-corrected chi connectivity index (χ3v) is 2.04. The molecule has 0 saturated carbocycles. The van der Waals surface area contributed by atoms with Crippen LogP contribution in [0.3, 0.4) is 0 Å². The van der Waals surface area contributed by atoms with Crippen LogP contribution in [0, 0.1) is 25.7 Å². The second kappa shape index (κ2) is 4.73. The molecular formula is C11H15N3. The SMILES string of the molecule is CC#CCC(N)c1cc(C)nnc1C. The van der Waals surface area contributed by atoms with Crippen LogP contribution in [0.2, 0.25) is 0 Å². The van der Waals surface area contributed by atoms with Gasteiger partial charge in [0.05, 0.1) is 11.4 Å². The summed E-state index contributed by atoms with van der Waals surface area (Å²) in [6, 6.07) is 1.92. The summed E-state index contributed by atoms with van der Waals surface area (Å²) in [5.74, 6) is 5.81. The van der Waals surface area contributed by atoms with Crippen molar-refractivity contribution >= 4 is 0 Å². The number of rotatable bonds is 2. The molecule has 3 nitrogen and oxygen atoms in total. The predicted octanol–water partition coefficient (Wildman–Crippen LogP) is 1.51. The summed E-state index contributed by atoms with van der Waals surface area (Å²) < 4.78 is 0. The Bertz CT molecular complexity index is 374. The van der Waals surface area contributed by atoms with Crippen LogP contribution in [0.4, 0.5) is 0 Å². The van der Waals surface area contributed by atoms with Crippen LogP contribution in [0.25, 0.3) is 0 Å². The van der Waals surface area contributed by atoms with Crippen molar-refractivity contribution in [1.82, 2.24) is 10.2 Å². The van der Waals surface area contributed by atoms with Crippen LogP contribution in [-0.4, -0.2) is 10.2 Å². The smallest absolute Gasteiger partial charge is 0.0648 e. The summed E-state index contributed by atoms with van der Waals surface area (Å²) in [7, 11) is 0. The number of aromatic nitrogens is 2. The van der Waals surface area contributed by atoms with Crippen molar-refractivity contribution in [2.24, 2.45) is 5.73 Å². The molecule has 0 saturated heterocycles. The Hall–Kier alpha value is -1.40. The summed E-state index contributed by atoms with van der Waals surface area (Å²) in [5.41, 5.74) is 8.81. The Labute approximate surface area is 84.7 Å². The predicted molar refractivity (Wildman–Crippen MR) is 56.5 cm³/mol. The van der Waals surface area contributed by atoms with E-state index in [1.165, 1.54) is 0 Å². The fourth-order valence-electron chi connectivity index (χ4n) is 1.27. The molecule has 1 unspecified atom stereocenters. The van der Waals surface area contributed by atoms with E-state index in [-0.39, 0.29) is 6.04 Å². The summed E-state index contributed by atoms with van der Waals surface area (Å²) in [4.78, 5) is 0. The van der Waals surface area contributed by atoms with Crippen molar-refractivity contribution in [3.05, 3.63) is 23.0 Å². The molecule has 2 N–H and O–H groups in total. The Morgan fingerprint density at radius 2 is 2.14 bits per heavy atom. The third kappa shape index (κ3) is 2.54. The number of nitrogens with two attached hydrogens (primary N) is 1. The molecule has 74 valence electrons. The number of hydrogen-bond acceptors (Lipinski definition) is 3. The lowest BCUT2D eigenvalue weighted by Crippen LogP contribution is -2.12. The van der Waals surface area contributed by atoms with E-state index in [0.717, 1.165) is 17.0 Å². The van der Waals surface area contributed by atoms with Crippen molar-refractivity contribution < 1.29 is 0 Å². The molecule has 0 aliphatic heterocycles. The van der Waals surface area contributed by atoms with Gasteiger partial charge in [-0.1, -0.05) is 0 Å². The van der Waals surface area contributed by atoms with Crippen LogP contribution < -0.4 is 5.73 Å². The largest absolute Gasteiger partial charge is 0.323 e. The summed E-state index contributed by atoms with van der Waals surface area (Å²) in [6.07, 6.45) is 0.669. The molecule has 0 aliphatic carbocycles. The van der Waals surface area contributed by atoms with Gasteiger partial charge >= 0.3 is 0 Å². The van der Waals surface area contributed by atoms with Crippen LogP contribution >= 0.6 is 0 Å². The maximum atomic E-state index is 5.98. The second-order valence-corrected chi connectivity index (χ2v) is 3.26. The minimum absolute atomic E-state index is 0.0587. The first-order valence-corrected chi connectivity index (χ1v) is 4.61. The Morgan fingerprint density at radius 3 is 2.79 bits per heavy atom. The fourth-order valence-corrected chi connectivity index (χ4v) is 1.27. The average molecular weight is 189 g/mol. The Kier molecular flexibility index (Phi) is 3.61. The van der Waals surface area contributed by atoms with E-state index in [9.17, 15) is 0 Å². The van der Waals surface area contributed by atoms with Gasteiger partial charge in [0.2, 0.25) is 0 Å². The second-order valence-electron chi connectivity index (χ2n) is 3.26. The normalized spacial score (nSPS) is 11.7. The van der Waals surface area contributed by atoms with E-state index >= 15 is 0 Å². The van der Waals surface area contributed by atoms with Crippen LogP contribution in [0.5, 0.6) is 0 Å². The number of nitrogens with zero attached hydrogens (tertiary/aromatic N) is 2. The topological polar surface area (TPSA) is 51.8 Å². The van der Waals surface area contributed by atoms with Crippen molar-refractivity contribution in [2.45, 2.75) is 33.2 Å². The number of aryl methyl sites for hydroxylation is 2. The minimum atomic E-state index is -0.0587. The molecule has 1 aromatic heterocycles. The average Bonchev–Trinajstić information content (AvgIpc) is 2.18. The standard InChI is InChI=1S/C11H15N3/c1-4-5-6-11(12)10-7-8(2)13-14-9(10)3/h7,11H,6,12H2,1-3H3. The van der Waals surface area contributed by atoms with Gasteiger partial charge in [0.1, 0.15) is 0 Å². The molecule has 0 bridgehead atoms. The molecule has 3 heteroatoms. The molecular weight excluding hydrogens is 174 g/mol. The van der Waals surface area contributed by atoms with Gasteiger partial charge in [0.25, 0.3) is 0 Å². The molecule has 1 heterocycles. The lowest BCUT2D eigenvalue weighted by atomic mass is 10.0. The van der Waals surface area contributed by atoms with Gasteiger partial charge in [-0.2, -0.15) is 10.2 Å². The maximum absolute atomic E-state index is 5.98. The van der Waals surface area contributed by atoms with E-state index in [0.29, 0.717) is 6.42 Å². The Balaban J connectivity index is 2.91. The van der Waals surface area contributed by atoms with E-state index in [2.05, 4.69) is 22.0 Å². The molecule has 0 aliphatic rings. The molecule has 1 atom stereocenters. The first-order valence-electron chi connectivity index (χ1n) is 4.61. The fraction of sp³-hybridized carbons (Fsp3) is 0.455. The van der Waals surface area contributed by atoms with E-state index < -0.39 is 0 Å². The quantitative estimate of drug-likeness (QED) is 0.717. The zero-order valence-electron chi connectivity index (χ0n) is 8.83. The highest BCUT2D eigenvalue weighted by atomic mass is 15.1. The van der Waals surface area contributed by atoms with Gasteiger partial charge in [0.15, 0.2) is 0 Å². The van der Waals surface area contributed by atoms with E-state index in [4.69, 9.17) is 5.73 Å². The van der Waals surface area contributed by atoms with Gasteiger partial charge in [0, 0.05) is 12.5 Å². The number of hydrogen-bond donors (Lipinski definition) is 1. The molecule has 14 heavy (non-hydrogen) atoms. The van der Waals surface area contributed by atoms with Gasteiger partial charge in [-0.3, -0.25) is 0 Å². The highest BCUT2D eigenvalue weighted by Gasteiger charge is 2.09. The van der Waals surface area contributed by atoms with Crippen molar-refractivity contribution in [3.8, 4) is 11.8 Å². The zero-order valence-corrected chi connectivity index (χ0v) is 8.83. The summed E-state index contributed by atoms with van der Waals surface area (Å²) in [6.45, 7) is 5.64. The summed E-state index contributed by atoms with van der Waals surface area (Å²) >= 11 is 0. The third-order valence-electron chi connectivity index (χ3n) is 2.04. The highest BCUT2D eigenvalue weighted by molar-refractivity contribution is 5.24. The molecule has 1 aromatic rings.